The van der Waals surface area contributed by atoms with Gasteiger partial charge in [0.2, 0.25) is 0 Å². The van der Waals surface area contributed by atoms with Crippen LogP contribution in [0.15, 0.2) is 18.2 Å². The molecule has 3 N–H and O–H groups in total. The molecule has 0 aromatic heterocycles. The number of benzene rings is 1. The predicted molar refractivity (Wildman–Crippen MR) is 85.8 cm³/mol. The topological polar surface area (TPSA) is 41.3 Å². The number of hydrogen-bond acceptors (Lipinski definition) is 3. The van der Waals surface area contributed by atoms with Crippen LogP contribution in [0, 0.1) is 17.7 Å². The fourth-order valence-electron chi connectivity index (χ4n) is 2.02. The van der Waals surface area contributed by atoms with E-state index < -0.39 is 0 Å². The van der Waals surface area contributed by atoms with Crippen LogP contribution in [0.2, 0.25) is 0 Å². The van der Waals surface area contributed by atoms with E-state index in [-0.39, 0.29) is 11.9 Å². The first-order valence-corrected chi connectivity index (χ1v) is 7.33. The standard InChI is InChI=1S/C16H28FN3/c1-11(2)13(9-18)10-19-14-6-7-16(15(17)8-14)20(5)12(3)4/h6-8,11-13,19H,9-10,18H2,1-5H3. The highest BCUT2D eigenvalue weighted by molar-refractivity contribution is 5.56. The molecule has 4 heteroatoms. The minimum Gasteiger partial charge on any atom is -0.385 e. The SMILES string of the molecule is CC(C)C(CN)CNc1ccc(N(C)C(C)C)c(F)c1. The van der Waals surface area contributed by atoms with E-state index in [1.807, 2.05) is 37.9 Å². The Labute approximate surface area is 122 Å². The minimum atomic E-state index is -0.194. The smallest absolute Gasteiger partial charge is 0.148 e. The molecule has 1 unspecified atom stereocenters. The van der Waals surface area contributed by atoms with Crippen molar-refractivity contribution in [1.29, 1.82) is 0 Å². The molecular weight excluding hydrogens is 253 g/mol. The lowest BCUT2D eigenvalue weighted by molar-refractivity contribution is 0.413. The van der Waals surface area contributed by atoms with Gasteiger partial charge in [-0.25, -0.2) is 4.39 Å². The molecule has 3 nitrogen and oxygen atoms in total. The highest BCUT2D eigenvalue weighted by Crippen LogP contribution is 2.23. The van der Waals surface area contributed by atoms with Crippen molar-refractivity contribution in [3.63, 3.8) is 0 Å². The summed E-state index contributed by atoms with van der Waals surface area (Å²) in [5.74, 6) is 0.722. The average molecular weight is 281 g/mol. The molecule has 0 amide bonds. The Hall–Kier alpha value is -1.29. The summed E-state index contributed by atoms with van der Waals surface area (Å²) in [5.41, 5.74) is 7.18. The van der Waals surface area contributed by atoms with Crippen molar-refractivity contribution in [2.45, 2.75) is 33.7 Å². The maximum atomic E-state index is 14.1. The van der Waals surface area contributed by atoms with Crippen LogP contribution in [-0.2, 0) is 0 Å². The molecule has 0 saturated carbocycles. The van der Waals surface area contributed by atoms with E-state index in [0.29, 0.717) is 24.1 Å². The predicted octanol–water partition coefficient (Wildman–Crippen LogP) is 3.31. The fourth-order valence-corrected chi connectivity index (χ4v) is 2.02. The van der Waals surface area contributed by atoms with Gasteiger partial charge in [-0.2, -0.15) is 0 Å². The Morgan fingerprint density at radius 2 is 1.90 bits per heavy atom. The van der Waals surface area contributed by atoms with Crippen molar-refractivity contribution in [2.24, 2.45) is 17.6 Å². The number of rotatable bonds is 7. The third kappa shape index (κ3) is 4.37. The second-order valence-electron chi connectivity index (χ2n) is 5.99. The van der Waals surface area contributed by atoms with E-state index in [2.05, 4.69) is 19.2 Å². The number of hydrogen-bond donors (Lipinski definition) is 2. The minimum absolute atomic E-state index is 0.194. The molecule has 20 heavy (non-hydrogen) atoms. The van der Waals surface area contributed by atoms with Crippen LogP contribution >= 0.6 is 0 Å². The summed E-state index contributed by atoms with van der Waals surface area (Å²) in [4.78, 5) is 1.93. The van der Waals surface area contributed by atoms with Crippen LogP contribution in [0.25, 0.3) is 0 Å². The second-order valence-corrected chi connectivity index (χ2v) is 5.99. The molecule has 1 aromatic rings. The average Bonchev–Trinajstić information content (AvgIpc) is 2.38. The molecule has 114 valence electrons. The maximum Gasteiger partial charge on any atom is 0.148 e. The summed E-state index contributed by atoms with van der Waals surface area (Å²) in [6, 6.07) is 5.57. The van der Waals surface area contributed by atoms with Gasteiger partial charge in [0.1, 0.15) is 5.82 Å². The largest absolute Gasteiger partial charge is 0.385 e. The van der Waals surface area contributed by atoms with Gasteiger partial charge in [0.15, 0.2) is 0 Å². The highest BCUT2D eigenvalue weighted by Gasteiger charge is 2.13. The molecule has 0 aliphatic heterocycles. The summed E-state index contributed by atoms with van der Waals surface area (Å²) in [7, 11) is 1.90. The number of nitrogens with two attached hydrogens (primary N) is 1. The van der Waals surface area contributed by atoms with Crippen molar-refractivity contribution in [2.75, 3.05) is 30.4 Å². The Bertz CT molecular complexity index is 418. The molecule has 0 spiro atoms. The van der Waals surface area contributed by atoms with Crippen LogP contribution in [0.4, 0.5) is 15.8 Å². The number of nitrogens with zero attached hydrogens (tertiary/aromatic N) is 1. The van der Waals surface area contributed by atoms with Crippen LogP contribution in [0.3, 0.4) is 0 Å². The second kappa shape index (κ2) is 7.48. The molecule has 0 aliphatic rings. The summed E-state index contributed by atoms with van der Waals surface area (Å²) in [5, 5.41) is 3.27. The Kier molecular flexibility index (Phi) is 6.27. The lowest BCUT2D eigenvalue weighted by Crippen LogP contribution is -2.28. The Morgan fingerprint density at radius 1 is 1.25 bits per heavy atom. The first-order chi connectivity index (χ1) is 9.36. The van der Waals surface area contributed by atoms with Gasteiger partial charge in [-0.05, 0) is 50.4 Å². The zero-order chi connectivity index (χ0) is 15.3. The van der Waals surface area contributed by atoms with E-state index in [1.54, 1.807) is 6.07 Å². The zero-order valence-corrected chi connectivity index (χ0v) is 13.3. The highest BCUT2D eigenvalue weighted by atomic mass is 19.1. The summed E-state index contributed by atoms with van der Waals surface area (Å²) in [6.45, 7) is 9.80. The summed E-state index contributed by atoms with van der Waals surface area (Å²) >= 11 is 0. The molecule has 0 saturated heterocycles. The Balaban J connectivity index is 2.73. The van der Waals surface area contributed by atoms with Gasteiger partial charge < -0.3 is 16.0 Å². The molecule has 0 bridgehead atoms. The van der Waals surface area contributed by atoms with E-state index in [0.717, 1.165) is 12.2 Å². The number of nitrogens with one attached hydrogen (secondary N) is 1. The van der Waals surface area contributed by atoms with Gasteiger partial charge in [-0.1, -0.05) is 13.8 Å². The van der Waals surface area contributed by atoms with Gasteiger partial charge in [0.05, 0.1) is 5.69 Å². The van der Waals surface area contributed by atoms with Gasteiger partial charge in [-0.3, -0.25) is 0 Å². The molecule has 0 aliphatic carbocycles. The molecule has 1 aromatic carbocycles. The zero-order valence-electron chi connectivity index (χ0n) is 13.3. The van der Waals surface area contributed by atoms with E-state index >= 15 is 0 Å². The lowest BCUT2D eigenvalue weighted by atomic mass is 9.96. The van der Waals surface area contributed by atoms with Crippen molar-refractivity contribution in [3.05, 3.63) is 24.0 Å². The Morgan fingerprint density at radius 3 is 2.35 bits per heavy atom. The van der Waals surface area contributed by atoms with Crippen molar-refractivity contribution >= 4 is 11.4 Å². The molecule has 1 rings (SSSR count). The third-order valence-electron chi connectivity index (χ3n) is 3.92. The summed E-state index contributed by atoms with van der Waals surface area (Å²) in [6.07, 6.45) is 0. The fraction of sp³-hybridized carbons (Fsp3) is 0.625. The first kappa shape index (κ1) is 16.8. The van der Waals surface area contributed by atoms with Crippen molar-refractivity contribution < 1.29 is 4.39 Å². The number of halogens is 1. The van der Waals surface area contributed by atoms with Gasteiger partial charge in [-0.15, -0.1) is 0 Å². The van der Waals surface area contributed by atoms with Gasteiger partial charge >= 0.3 is 0 Å². The molecule has 0 heterocycles. The summed E-state index contributed by atoms with van der Waals surface area (Å²) < 4.78 is 14.1. The van der Waals surface area contributed by atoms with Crippen molar-refractivity contribution in [3.8, 4) is 0 Å². The van der Waals surface area contributed by atoms with Gasteiger partial charge in [0.25, 0.3) is 0 Å². The van der Waals surface area contributed by atoms with E-state index in [9.17, 15) is 4.39 Å². The van der Waals surface area contributed by atoms with Crippen LogP contribution < -0.4 is 16.0 Å². The van der Waals surface area contributed by atoms with Crippen LogP contribution in [0.5, 0.6) is 0 Å². The van der Waals surface area contributed by atoms with Crippen molar-refractivity contribution in [1.82, 2.24) is 0 Å². The van der Waals surface area contributed by atoms with Crippen LogP contribution in [-0.4, -0.2) is 26.2 Å². The van der Waals surface area contributed by atoms with Crippen LogP contribution in [0.1, 0.15) is 27.7 Å². The normalized spacial score (nSPS) is 12.8. The molecule has 0 fully saturated rings. The van der Waals surface area contributed by atoms with E-state index in [4.69, 9.17) is 5.73 Å². The van der Waals surface area contributed by atoms with Gasteiger partial charge in [0, 0.05) is 25.3 Å². The first-order valence-electron chi connectivity index (χ1n) is 7.33. The molecule has 0 radical (unpaired) electrons. The maximum absolute atomic E-state index is 14.1. The lowest BCUT2D eigenvalue weighted by Gasteiger charge is -2.25. The molecule has 1 atom stereocenters. The molecular formula is C16H28FN3. The quantitative estimate of drug-likeness (QED) is 0.805. The van der Waals surface area contributed by atoms with E-state index in [1.165, 1.54) is 0 Å². The number of anilines is 2. The monoisotopic (exact) mass is 281 g/mol. The third-order valence-corrected chi connectivity index (χ3v) is 3.92.